The molecule has 128 valence electrons. The van der Waals surface area contributed by atoms with Crippen LogP contribution in [0.25, 0.3) is 11.3 Å². The minimum atomic E-state index is 0.0807. The lowest BCUT2D eigenvalue weighted by Gasteiger charge is -2.36. The Labute approximate surface area is 144 Å². The number of aromatic nitrogens is 2. The van der Waals surface area contributed by atoms with Gasteiger partial charge in [-0.1, -0.05) is 43.7 Å². The van der Waals surface area contributed by atoms with Gasteiger partial charge in [-0.05, 0) is 38.2 Å². The molecule has 0 bridgehead atoms. The van der Waals surface area contributed by atoms with Crippen molar-refractivity contribution in [2.75, 3.05) is 6.54 Å². The summed E-state index contributed by atoms with van der Waals surface area (Å²) in [6, 6.07) is 8.51. The van der Waals surface area contributed by atoms with Crippen molar-refractivity contribution in [3.05, 3.63) is 41.9 Å². The third kappa shape index (κ3) is 3.37. The zero-order valence-electron chi connectivity index (χ0n) is 14.9. The summed E-state index contributed by atoms with van der Waals surface area (Å²) in [7, 11) is 0. The molecule has 1 saturated heterocycles. The molecule has 3 rings (SSSR count). The predicted octanol–water partition coefficient (Wildman–Crippen LogP) is 4.48. The van der Waals surface area contributed by atoms with Crippen LogP contribution in [0.5, 0.6) is 0 Å². The summed E-state index contributed by atoms with van der Waals surface area (Å²) in [6.07, 6.45) is 6.00. The normalized spacial score (nSPS) is 19.3. The summed E-state index contributed by atoms with van der Waals surface area (Å²) in [5.74, 6) is 1.26. The molecular formula is C20H27N3O. The molecule has 0 spiro atoms. The van der Waals surface area contributed by atoms with Crippen molar-refractivity contribution in [1.29, 1.82) is 0 Å². The van der Waals surface area contributed by atoms with Crippen molar-refractivity contribution < 1.29 is 4.79 Å². The summed E-state index contributed by atoms with van der Waals surface area (Å²) in [6.45, 7) is 7.02. The third-order valence-corrected chi connectivity index (χ3v) is 5.09. The SMILES string of the molecule is CC[C@H](C)C(=O)N1CCCCC1c1ncc(-c2ccc(C)cc2)[nH]1. The Balaban J connectivity index is 1.84. The number of likely N-dealkylation sites (tertiary alicyclic amines) is 1. The fourth-order valence-electron chi connectivity index (χ4n) is 3.32. The first kappa shape index (κ1) is 16.7. The molecule has 0 aliphatic carbocycles. The minimum absolute atomic E-state index is 0.0807. The zero-order chi connectivity index (χ0) is 17.1. The summed E-state index contributed by atoms with van der Waals surface area (Å²) in [4.78, 5) is 22.8. The average Bonchev–Trinajstić information content (AvgIpc) is 3.11. The molecule has 1 amide bonds. The van der Waals surface area contributed by atoms with Crippen LogP contribution in [-0.4, -0.2) is 27.3 Å². The highest BCUT2D eigenvalue weighted by Crippen LogP contribution is 2.32. The number of carbonyl (C=O) groups excluding carboxylic acids is 1. The molecule has 1 aliphatic heterocycles. The maximum absolute atomic E-state index is 12.7. The number of hydrogen-bond acceptors (Lipinski definition) is 2. The highest BCUT2D eigenvalue weighted by molar-refractivity contribution is 5.79. The molecule has 0 saturated carbocycles. The number of nitrogens with one attached hydrogen (secondary N) is 1. The van der Waals surface area contributed by atoms with E-state index in [0.717, 1.165) is 49.3 Å². The van der Waals surface area contributed by atoms with E-state index in [1.165, 1.54) is 5.56 Å². The van der Waals surface area contributed by atoms with Crippen molar-refractivity contribution >= 4 is 5.91 Å². The molecule has 2 aromatic rings. The summed E-state index contributed by atoms with van der Waals surface area (Å²) >= 11 is 0. The molecule has 1 aliphatic rings. The summed E-state index contributed by atoms with van der Waals surface area (Å²) < 4.78 is 0. The first-order chi connectivity index (χ1) is 11.6. The Bertz CT molecular complexity index is 689. The number of rotatable bonds is 4. The molecule has 1 aromatic carbocycles. The van der Waals surface area contributed by atoms with Crippen LogP contribution in [0.15, 0.2) is 30.5 Å². The van der Waals surface area contributed by atoms with E-state index in [1.54, 1.807) is 0 Å². The molecule has 4 nitrogen and oxygen atoms in total. The van der Waals surface area contributed by atoms with E-state index in [9.17, 15) is 4.79 Å². The van der Waals surface area contributed by atoms with E-state index in [-0.39, 0.29) is 17.9 Å². The van der Waals surface area contributed by atoms with E-state index in [2.05, 4.69) is 48.1 Å². The average molecular weight is 325 g/mol. The summed E-state index contributed by atoms with van der Waals surface area (Å²) in [5.41, 5.74) is 3.40. The van der Waals surface area contributed by atoms with Gasteiger partial charge < -0.3 is 9.88 Å². The van der Waals surface area contributed by atoms with Crippen LogP contribution in [0, 0.1) is 12.8 Å². The van der Waals surface area contributed by atoms with Gasteiger partial charge in [0.2, 0.25) is 5.91 Å². The van der Waals surface area contributed by atoms with Crippen LogP contribution in [0.1, 0.15) is 57.0 Å². The second-order valence-electron chi connectivity index (χ2n) is 6.90. The van der Waals surface area contributed by atoms with Crippen LogP contribution in [0.4, 0.5) is 0 Å². The standard InChI is InChI=1S/C20H27N3O/c1-4-15(3)20(24)23-12-6-5-7-18(23)19-21-13-17(22-19)16-10-8-14(2)9-11-16/h8-11,13,15,18H,4-7,12H2,1-3H3,(H,21,22)/t15-,18?/m0/s1. The third-order valence-electron chi connectivity index (χ3n) is 5.09. The highest BCUT2D eigenvalue weighted by Gasteiger charge is 2.31. The minimum Gasteiger partial charge on any atom is -0.340 e. The number of amides is 1. The van der Waals surface area contributed by atoms with Gasteiger partial charge in [0, 0.05) is 12.5 Å². The van der Waals surface area contributed by atoms with Crippen LogP contribution in [0.3, 0.4) is 0 Å². The smallest absolute Gasteiger partial charge is 0.226 e. The fraction of sp³-hybridized carbons (Fsp3) is 0.500. The maximum Gasteiger partial charge on any atom is 0.226 e. The van der Waals surface area contributed by atoms with E-state index >= 15 is 0 Å². The number of hydrogen-bond donors (Lipinski definition) is 1. The molecule has 1 aromatic heterocycles. The van der Waals surface area contributed by atoms with Crippen LogP contribution in [-0.2, 0) is 4.79 Å². The Hall–Kier alpha value is -2.10. The first-order valence-electron chi connectivity index (χ1n) is 9.02. The van der Waals surface area contributed by atoms with Gasteiger partial charge in [0.1, 0.15) is 5.82 Å². The molecule has 1 fully saturated rings. The Morgan fingerprint density at radius 1 is 1.33 bits per heavy atom. The van der Waals surface area contributed by atoms with Crippen molar-refractivity contribution in [3.8, 4) is 11.3 Å². The lowest BCUT2D eigenvalue weighted by molar-refractivity contribution is -0.139. The van der Waals surface area contributed by atoms with E-state index in [1.807, 2.05) is 18.0 Å². The van der Waals surface area contributed by atoms with Crippen LogP contribution < -0.4 is 0 Å². The van der Waals surface area contributed by atoms with Gasteiger partial charge in [0.25, 0.3) is 0 Å². The number of piperidine rings is 1. The van der Waals surface area contributed by atoms with Gasteiger partial charge in [-0.2, -0.15) is 0 Å². The molecule has 0 radical (unpaired) electrons. The number of aromatic amines is 1. The molecular weight excluding hydrogens is 298 g/mol. The Kier molecular flexibility index (Phi) is 5.03. The molecule has 1 N–H and O–H groups in total. The Morgan fingerprint density at radius 3 is 2.79 bits per heavy atom. The highest BCUT2D eigenvalue weighted by atomic mass is 16.2. The lowest BCUT2D eigenvalue weighted by atomic mass is 9.98. The van der Waals surface area contributed by atoms with E-state index < -0.39 is 0 Å². The van der Waals surface area contributed by atoms with Gasteiger partial charge in [0.05, 0.1) is 17.9 Å². The summed E-state index contributed by atoms with van der Waals surface area (Å²) in [5, 5.41) is 0. The van der Waals surface area contributed by atoms with Crippen molar-refractivity contribution in [2.24, 2.45) is 5.92 Å². The van der Waals surface area contributed by atoms with Gasteiger partial charge >= 0.3 is 0 Å². The number of benzene rings is 1. The largest absolute Gasteiger partial charge is 0.340 e. The van der Waals surface area contributed by atoms with Crippen LogP contribution >= 0.6 is 0 Å². The van der Waals surface area contributed by atoms with Crippen LogP contribution in [0.2, 0.25) is 0 Å². The Morgan fingerprint density at radius 2 is 2.08 bits per heavy atom. The number of carbonyl (C=O) groups is 1. The molecule has 1 unspecified atom stereocenters. The zero-order valence-corrected chi connectivity index (χ0v) is 14.9. The van der Waals surface area contributed by atoms with Gasteiger partial charge in [-0.25, -0.2) is 4.98 Å². The predicted molar refractivity (Wildman–Crippen MR) is 96.5 cm³/mol. The molecule has 4 heteroatoms. The maximum atomic E-state index is 12.7. The fourth-order valence-corrected chi connectivity index (χ4v) is 3.32. The molecule has 24 heavy (non-hydrogen) atoms. The number of H-pyrrole nitrogens is 1. The number of imidazole rings is 1. The first-order valence-corrected chi connectivity index (χ1v) is 9.02. The van der Waals surface area contributed by atoms with Crippen molar-refractivity contribution in [3.63, 3.8) is 0 Å². The monoisotopic (exact) mass is 325 g/mol. The van der Waals surface area contributed by atoms with Gasteiger partial charge in [0.15, 0.2) is 0 Å². The second-order valence-corrected chi connectivity index (χ2v) is 6.90. The number of aryl methyl sites for hydroxylation is 1. The van der Waals surface area contributed by atoms with E-state index in [0.29, 0.717) is 0 Å². The lowest BCUT2D eigenvalue weighted by Crippen LogP contribution is -2.41. The van der Waals surface area contributed by atoms with Crippen molar-refractivity contribution in [1.82, 2.24) is 14.9 Å². The topological polar surface area (TPSA) is 49.0 Å². The molecule has 2 heterocycles. The molecule has 2 atom stereocenters. The van der Waals surface area contributed by atoms with Crippen molar-refractivity contribution in [2.45, 2.75) is 52.5 Å². The van der Waals surface area contributed by atoms with Gasteiger partial charge in [-0.15, -0.1) is 0 Å². The van der Waals surface area contributed by atoms with E-state index in [4.69, 9.17) is 0 Å². The second kappa shape index (κ2) is 7.20. The van der Waals surface area contributed by atoms with Gasteiger partial charge in [-0.3, -0.25) is 4.79 Å². The quantitative estimate of drug-likeness (QED) is 0.900. The number of nitrogens with zero attached hydrogens (tertiary/aromatic N) is 2.